The second-order valence-corrected chi connectivity index (χ2v) is 7.11. The van der Waals surface area contributed by atoms with Crippen LogP contribution < -0.4 is 20.1 Å². The lowest BCUT2D eigenvalue weighted by Gasteiger charge is -2.12. The van der Waals surface area contributed by atoms with Gasteiger partial charge in [0.05, 0.1) is 0 Å². The largest absolute Gasteiger partial charge is 0.454 e. The minimum atomic E-state index is 0.308. The highest BCUT2D eigenvalue weighted by molar-refractivity contribution is 5.79. The van der Waals surface area contributed by atoms with Crippen LogP contribution in [0.1, 0.15) is 36.5 Å². The van der Waals surface area contributed by atoms with Crippen molar-refractivity contribution < 1.29 is 9.47 Å². The summed E-state index contributed by atoms with van der Waals surface area (Å²) in [6.07, 6.45) is 6.49. The third kappa shape index (κ3) is 4.37. The molecule has 0 fully saturated rings. The van der Waals surface area contributed by atoms with E-state index >= 15 is 0 Å². The maximum absolute atomic E-state index is 5.43. The Morgan fingerprint density at radius 3 is 2.82 bits per heavy atom. The molecular weight excluding hydrogens is 356 g/mol. The number of fused-ring (bicyclic) bond motifs is 2. The van der Waals surface area contributed by atoms with E-state index in [1.165, 1.54) is 24.8 Å². The number of aryl methyl sites for hydroxylation is 1. The normalized spacial score (nSPS) is 15.8. The van der Waals surface area contributed by atoms with Crippen LogP contribution in [0.3, 0.4) is 0 Å². The summed E-state index contributed by atoms with van der Waals surface area (Å²) in [6.45, 7) is 2.92. The molecule has 28 heavy (non-hydrogen) atoms. The Labute approximate surface area is 165 Å². The average molecular weight is 384 g/mol. The number of guanidine groups is 1. The predicted molar refractivity (Wildman–Crippen MR) is 107 cm³/mol. The van der Waals surface area contributed by atoms with Crippen molar-refractivity contribution in [3.63, 3.8) is 0 Å². The number of hydrogen-bond acceptors (Lipinski definition) is 5. The van der Waals surface area contributed by atoms with Crippen molar-refractivity contribution in [3.05, 3.63) is 35.4 Å². The Kier molecular flexibility index (Phi) is 5.94. The van der Waals surface area contributed by atoms with Crippen molar-refractivity contribution in [2.24, 2.45) is 4.99 Å². The van der Waals surface area contributed by atoms with Gasteiger partial charge < -0.3 is 24.7 Å². The average Bonchev–Trinajstić information content (AvgIpc) is 3.26. The molecule has 8 heteroatoms. The summed E-state index contributed by atoms with van der Waals surface area (Å²) in [5, 5.41) is 15.5. The predicted octanol–water partition coefficient (Wildman–Crippen LogP) is 1.68. The van der Waals surface area contributed by atoms with Crippen molar-refractivity contribution in [3.8, 4) is 11.5 Å². The van der Waals surface area contributed by atoms with Crippen LogP contribution in [0.25, 0.3) is 0 Å². The first kappa shape index (κ1) is 18.6. The lowest BCUT2D eigenvalue weighted by Crippen LogP contribution is -2.39. The summed E-state index contributed by atoms with van der Waals surface area (Å²) in [6, 6.07) is 6.08. The van der Waals surface area contributed by atoms with Gasteiger partial charge in [-0.2, -0.15) is 0 Å². The van der Waals surface area contributed by atoms with Crippen molar-refractivity contribution in [1.82, 2.24) is 25.4 Å². The molecule has 150 valence electrons. The van der Waals surface area contributed by atoms with Crippen molar-refractivity contribution in [2.75, 3.05) is 26.9 Å². The monoisotopic (exact) mass is 384 g/mol. The van der Waals surface area contributed by atoms with Gasteiger partial charge in [0.2, 0.25) is 6.79 Å². The quantitative estimate of drug-likeness (QED) is 0.582. The smallest absolute Gasteiger partial charge is 0.231 e. The molecule has 4 rings (SSSR count). The SMILES string of the molecule is CN=C(NCCc1ccc2c(c1)OCO2)NCCc1nnc2n1CCCCC2. The van der Waals surface area contributed by atoms with E-state index in [4.69, 9.17) is 9.47 Å². The molecule has 0 radical (unpaired) electrons. The van der Waals surface area contributed by atoms with Crippen LogP contribution in [-0.4, -0.2) is 47.7 Å². The van der Waals surface area contributed by atoms with E-state index in [0.29, 0.717) is 6.79 Å². The number of aliphatic imine (C=N–C) groups is 1. The van der Waals surface area contributed by atoms with Crippen molar-refractivity contribution in [1.29, 1.82) is 0 Å². The molecule has 2 aliphatic heterocycles. The second-order valence-electron chi connectivity index (χ2n) is 7.11. The van der Waals surface area contributed by atoms with Gasteiger partial charge in [-0.15, -0.1) is 10.2 Å². The summed E-state index contributed by atoms with van der Waals surface area (Å²) < 4.78 is 13.1. The third-order valence-electron chi connectivity index (χ3n) is 5.19. The first-order valence-corrected chi connectivity index (χ1v) is 10.1. The maximum atomic E-state index is 5.43. The van der Waals surface area contributed by atoms with Crippen molar-refractivity contribution >= 4 is 5.96 Å². The molecule has 2 aromatic rings. The number of rotatable bonds is 6. The van der Waals surface area contributed by atoms with E-state index in [1.807, 2.05) is 12.1 Å². The Morgan fingerprint density at radius 1 is 1.07 bits per heavy atom. The topological polar surface area (TPSA) is 85.6 Å². The molecule has 0 unspecified atom stereocenters. The van der Waals surface area contributed by atoms with Gasteiger partial charge in [0.15, 0.2) is 17.5 Å². The van der Waals surface area contributed by atoms with E-state index in [1.54, 1.807) is 7.05 Å². The molecule has 1 aromatic carbocycles. The van der Waals surface area contributed by atoms with Crippen LogP contribution in [0.15, 0.2) is 23.2 Å². The van der Waals surface area contributed by atoms with Gasteiger partial charge in [-0.25, -0.2) is 0 Å². The molecule has 8 nitrogen and oxygen atoms in total. The fraction of sp³-hybridized carbons (Fsp3) is 0.550. The van der Waals surface area contributed by atoms with E-state index < -0.39 is 0 Å². The molecule has 0 bridgehead atoms. The van der Waals surface area contributed by atoms with Gasteiger partial charge >= 0.3 is 0 Å². The molecule has 0 saturated carbocycles. The number of aromatic nitrogens is 3. The second kappa shape index (κ2) is 8.95. The molecule has 0 atom stereocenters. The van der Waals surface area contributed by atoms with E-state index in [2.05, 4.69) is 36.5 Å². The first-order chi connectivity index (χ1) is 13.8. The molecule has 3 heterocycles. The molecule has 0 spiro atoms. The van der Waals surface area contributed by atoms with E-state index in [9.17, 15) is 0 Å². The first-order valence-electron chi connectivity index (χ1n) is 10.1. The molecule has 2 aliphatic rings. The number of benzene rings is 1. The van der Waals surface area contributed by atoms with Gasteiger partial charge in [0, 0.05) is 39.5 Å². The highest BCUT2D eigenvalue weighted by atomic mass is 16.7. The maximum Gasteiger partial charge on any atom is 0.231 e. The molecule has 2 N–H and O–H groups in total. The summed E-state index contributed by atoms with van der Waals surface area (Å²) in [4.78, 5) is 4.31. The Hall–Kier alpha value is -2.77. The number of hydrogen-bond donors (Lipinski definition) is 2. The summed E-state index contributed by atoms with van der Waals surface area (Å²) in [5.74, 6) is 4.66. The zero-order chi connectivity index (χ0) is 19.2. The van der Waals surface area contributed by atoms with Crippen LogP contribution in [0, 0.1) is 0 Å². The van der Waals surface area contributed by atoms with Gasteiger partial charge in [-0.1, -0.05) is 12.5 Å². The number of nitrogens with one attached hydrogen (secondary N) is 2. The van der Waals surface area contributed by atoms with Crippen LogP contribution >= 0.6 is 0 Å². The Morgan fingerprint density at radius 2 is 1.93 bits per heavy atom. The molecule has 1 aromatic heterocycles. The number of nitrogens with zero attached hydrogens (tertiary/aromatic N) is 4. The Balaban J connectivity index is 1.22. The minimum Gasteiger partial charge on any atom is -0.454 e. The fourth-order valence-corrected chi connectivity index (χ4v) is 3.67. The summed E-state index contributed by atoms with van der Waals surface area (Å²) in [7, 11) is 1.79. The van der Waals surface area contributed by atoms with Crippen LogP contribution in [0.5, 0.6) is 11.5 Å². The lowest BCUT2D eigenvalue weighted by molar-refractivity contribution is 0.174. The van der Waals surface area contributed by atoms with Gasteiger partial charge in [0.25, 0.3) is 0 Å². The standard InChI is InChI=1S/C20H28N6O2/c1-21-20(22-10-8-15-6-7-16-17(13-15)28-14-27-16)23-11-9-19-25-24-18-5-3-2-4-12-26(18)19/h6-7,13H,2-5,8-12,14H2,1H3,(H2,21,22,23). The van der Waals surface area contributed by atoms with Gasteiger partial charge in [0.1, 0.15) is 11.6 Å². The molecule has 0 aliphatic carbocycles. The van der Waals surface area contributed by atoms with E-state index in [-0.39, 0.29) is 0 Å². The van der Waals surface area contributed by atoms with Gasteiger partial charge in [-0.3, -0.25) is 4.99 Å². The van der Waals surface area contributed by atoms with Crippen molar-refractivity contribution in [2.45, 2.75) is 45.1 Å². The minimum absolute atomic E-state index is 0.308. The fourth-order valence-electron chi connectivity index (χ4n) is 3.67. The van der Waals surface area contributed by atoms with E-state index in [0.717, 1.165) is 68.0 Å². The van der Waals surface area contributed by atoms with Crippen LogP contribution in [0.4, 0.5) is 0 Å². The van der Waals surface area contributed by atoms with Crippen LogP contribution in [-0.2, 0) is 25.8 Å². The highest BCUT2D eigenvalue weighted by Gasteiger charge is 2.15. The summed E-state index contributed by atoms with van der Waals surface area (Å²) >= 11 is 0. The lowest BCUT2D eigenvalue weighted by atomic mass is 10.1. The Bertz CT molecular complexity index is 832. The number of ether oxygens (including phenoxy) is 2. The van der Waals surface area contributed by atoms with Gasteiger partial charge in [-0.05, 0) is 37.0 Å². The molecule has 0 amide bonds. The zero-order valence-electron chi connectivity index (χ0n) is 16.4. The van der Waals surface area contributed by atoms with Crippen LogP contribution in [0.2, 0.25) is 0 Å². The summed E-state index contributed by atoms with van der Waals surface area (Å²) in [5.41, 5.74) is 1.21. The third-order valence-corrected chi connectivity index (χ3v) is 5.19. The highest BCUT2D eigenvalue weighted by Crippen LogP contribution is 2.32. The zero-order valence-corrected chi connectivity index (χ0v) is 16.4. The molecular formula is C20H28N6O2. The molecule has 0 saturated heterocycles.